The van der Waals surface area contributed by atoms with E-state index in [9.17, 15) is 0 Å². The average molecular weight is 243 g/mol. The monoisotopic (exact) mass is 243 g/mol. The van der Waals surface area contributed by atoms with Gasteiger partial charge in [0.2, 0.25) is 0 Å². The van der Waals surface area contributed by atoms with E-state index in [1.54, 1.807) is 24.3 Å². The molecular weight excluding hydrogens is 228 g/mol. The number of anilines is 1. The lowest BCUT2D eigenvalue weighted by atomic mass is 10.1. The van der Waals surface area contributed by atoms with Crippen LogP contribution in [0.4, 0.5) is 5.69 Å². The Morgan fingerprint density at radius 3 is 2.75 bits per heavy atom. The zero-order valence-corrected chi connectivity index (χ0v) is 9.70. The first-order valence-corrected chi connectivity index (χ1v) is 5.66. The highest BCUT2D eigenvalue weighted by atomic mass is 32.2. The molecule has 0 aromatic heterocycles. The number of benzene rings is 1. The number of ether oxygens (including phenoxy) is 1. The second-order valence-corrected chi connectivity index (χ2v) is 3.81. The van der Waals surface area contributed by atoms with Gasteiger partial charge in [0, 0.05) is 12.7 Å². The Bertz CT molecular complexity index is 371. The third-order valence-corrected chi connectivity index (χ3v) is 2.48. The molecular formula is C10H15N2O3S+. The second-order valence-electron chi connectivity index (χ2n) is 3.07. The van der Waals surface area contributed by atoms with Gasteiger partial charge in [0.1, 0.15) is 6.23 Å². The van der Waals surface area contributed by atoms with Crippen LogP contribution in [0.25, 0.3) is 6.08 Å². The van der Waals surface area contributed by atoms with Crippen LogP contribution >= 0.6 is 0 Å². The molecule has 5 nitrogen and oxygen atoms in total. The largest absolute Gasteiger partial charge is 0.446 e. The van der Waals surface area contributed by atoms with Crippen molar-refractivity contribution in [3.8, 4) is 0 Å². The van der Waals surface area contributed by atoms with Crippen molar-refractivity contribution in [3.05, 3.63) is 35.9 Å². The minimum atomic E-state index is -1.86. The van der Waals surface area contributed by atoms with Crippen LogP contribution in [-0.4, -0.2) is 16.2 Å². The highest BCUT2D eigenvalue weighted by Crippen LogP contribution is 2.22. The summed E-state index contributed by atoms with van der Waals surface area (Å²) in [7, 11) is 1.52. The van der Waals surface area contributed by atoms with E-state index in [-0.39, 0.29) is 0 Å². The molecule has 1 atom stereocenters. The van der Waals surface area contributed by atoms with Gasteiger partial charge in [0.15, 0.2) is 0 Å². The van der Waals surface area contributed by atoms with Crippen LogP contribution in [0, 0.1) is 0 Å². The van der Waals surface area contributed by atoms with Gasteiger partial charge in [0.25, 0.3) is 0 Å². The summed E-state index contributed by atoms with van der Waals surface area (Å²) >= 11 is -1.86. The Hall–Kier alpha value is -1.05. The lowest BCUT2D eigenvalue weighted by molar-refractivity contribution is 0.109. The number of hydrogen-bond acceptors (Lipinski definition) is 5. The lowest BCUT2D eigenvalue weighted by Crippen LogP contribution is -2.14. The first-order chi connectivity index (χ1) is 7.58. The Balaban J connectivity index is 3.01. The van der Waals surface area contributed by atoms with E-state index >= 15 is 0 Å². The number of hydrogen-bond donors (Lipinski definition) is 4. The predicted molar refractivity (Wildman–Crippen MR) is 66.7 cm³/mol. The van der Waals surface area contributed by atoms with E-state index in [1.807, 2.05) is 0 Å². The Labute approximate surface area is 97.4 Å². The molecule has 0 spiro atoms. The fraction of sp³-hybridized carbons (Fsp3) is 0.200. The van der Waals surface area contributed by atoms with Gasteiger partial charge in [-0.25, -0.2) is 0 Å². The van der Waals surface area contributed by atoms with Gasteiger partial charge in [0.05, 0.1) is 5.69 Å². The van der Waals surface area contributed by atoms with Crippen LogP contribution in [0.2, 0.25) is 0 Å². The fourth-order valence-corrected chi connectivity index (χ4v) is 1.64. The van der Waals surface area contributed by atoms with E-state index in [2.05, 4.69) is 11.3 Å². The molecule has 6 heteroatoms. The predicted octanol–water partition coefficient (Wildman–Crippen LogP) is 1.82. The van der Waals surface area contributed by atoms with Crippen LogP contribution in [0.3, 0.4) is 0 Å². The Kier molecular flexibility index (Phi) is 4.78. The van der Waals surface area contributed by atoms with Gasteiger partial charge >= 0.3 is 11.6 Å². The molecule has 88 valence electrons. The molecule has 0 heterocycles. The lowest BCUT2D eigenvalue weighted by Gasteiger charge is -2.12. The highest BCUT2D eigenvalue weighted by molar-refractivity contribution is 7.87. The molecule has 0 radical (unpaired) electrons. The first kappa shape index (κ1) is 13.0. The molecule has 0 fully saturated rings. The molecule has 5 N–H and O–H groups in total. The van der Waals surface area contributed by atoms with E-state index in [0.29, 0.717) is 5.69 Å². The smallest absolute Gasteiger partial charge is 0.363 e. The third-order valence-electron chi connectivity index (χ3n) is 2.08. The van der Waals surface area contributed by atoms with E-state index < -0.39 is 17.9 Å². The SMILES string of the molecule is C=Cc1cc(C(N)OC)ccc1N[S+](O)O. The van der Waals surface area contributed by atoms with Gasteiger partial charge < -0.3 is 10.5 Å². The van der Waals surface area contributed by atoms with Crippen molar-refractivity contribution in [2.24, 2.45) is 5.73 Å². The summed E-state index contributed by atoms with van der Waals surface area (Å²) in [6, 6.07) is 5.21. The normalized spacial score (nSPS) is 12.6. The molecule has 1 aromatic carbocycles. The van der Waals surface area contributed by atoms with E-state index in [1.165, 1.54) is 7.11 Å². The maximum Gasteiger partial charge on any atom is 0.446 e. The zero-order valence-electron chi connectivity index (χ0n) is 8.88. The van der Waals surface area contributed by atoms with Crippen molar-refractivity contribution in [2.45, 2.75) is 6.23 Å². The Morgan fingerprint density at radius 2 is 2.25 bits per heavy atom. The molecule has 1 unspecified atom stereocenters. The van der Waals surface area contributed by atoms with Crippen molar-refractivity contribution in [2.75, 3.05) is 11.8 Å². The van der Waals surface area contributed by atoms with E-state index in [4.69, 9.17) is 19.6 Å². The molecule has 1 aromatic rings. The van der Waals surface area contributed by atoms with Crippen LogP contribution in [-0.2, 0) is 16.4 Å². The highest BCUT2D eigenvalue weighted by Gasteiger charge is 2.14. The van der Waals surface area contributed by atoms with Gasteiger partial charge in [-0.15, -0.1) is 13.8 Å². The van der Waals surface area contributed by atoms with Gasteiger partial charge in [-0.05, 0) is 17.7 Å². The van der Waals surface area contributed by atoms with Gasteiger partial charge in [-0.1, -0.05) is 18.7 Å². The maximum atomic E-state index is 8.84. The van der Waals surface area contributed by atoms with Gasteiger partial charge in [-0.3, -0.25) is 0 Å². The minimum Gasteiger partial charge on any atom is -0.363 e. The summed E-state index contributed by atoms with van der Waals surface area (Å²) in [6.45, 7) is 3.64. The average Bonchev–Trinajstić information content (AvgIpc) is 2.27. The molecule has 0 saturated heterocycles. The topological polar surface area (TPSA) is 87.7 Å². The second kappa shape index (κ2) is 5.88. The van der Waals surface area contributed by atoms with Crippen molar-refractivity contribution >= 4 is 23.4 Å². The van der Waals surface area contributed by atoms with E-state index in [0.717, 1.165) is 11.1 Å². The zero-order chi connectivity index (χ0) is 12.1. The number of rotatable bonds is 5. The van der Waals surface area contributed by atoms with Crippen molar-refractivity contribution < 1.29 is 13.8 Å². The van der Waals surface area contributed by atoms with Crippen molar-refractivity contribution in [3.63, 3.8) is 0 Å². The van der Waals surface area contributed by atoms with Crippen LogP contribution in [0.1, 0.15) is 17.4 Å². The summed E-state index contributed by atoms with van der Waals surface area (Å²) in [5, 5.41) is 0. The molecule has 0 aliphatic rings. The minimum absolute atomic E-state index is 0.505. The quantitative estimate of drug-likeness (QED) is 0.468. The molecule has 0 amide bonds. The molecule has 0 aliphatic carbocycles. The number of nitrogens with two attached hydrogens (primary N) is 1. The summed E-state index contributed by atoms with van der Waals surface area (Å²) in [5.74, 6) is 0. The first-order valence-electron chi connectivity index (χ1n) is 4.52. The number of nitrogens with one attached hydrogen (secondary N) is 1. The van der Waals surface area contributed by atoms with Gasteiger partial charge in [-0.2, -0.15) is 0 Å². The summed E-state index contributed by atoms with van der Waals surface area (Å²) in [4.78, 5) is 0. The van der Waals surface area contributed by atoms with Crippen LogP contribution in [0.15, 0.2) is 24.8 Å². The molecule has 1 rings (SSSR count). The summed E-state index contributed by atoms with van der Waals surface area (Å²) in [5.41, 5.74) is 7.79. The number of methoxy groups -OCH3 is 1. The molecule has 0 saturated carbocycles. The summed E-state index contributed by atoms with van der Waals surface area (Å²) in [6.07, 6.45) is 1.09. The third kappa shape index (κ3) is 3.22. The van der Waals surface area contributed by atoms with Crippen LogP contribution < -0.4 is 10.5 Å². The summed E-state index contributed by atoms with van der Waals surface area (Å²) < 4.78 is 25.2. The maximum absolute atomic E-state index is 8.84. The molecule has 16 heavy (non-hydrogen) atoms. The fourth-order valence-electron chi connectivity index (χ4n) is 1.25. The van der Waals surface area contributed by atoms with Crippen molar-refractivity contribution in [1.82, 2.24) is 0 Å². The Morgan fingerprint density at radius 1 is 1.56 bits per heavy atom. The molecule has 0 aliphatic heterocycles. The van der Waals surface area contributed by atoms with Crippen LogP contribution in [0.5, 0.6) is 0 Å². The standard InChI is InChI=1S/C10H15N2O3S/c1-3-7-6-8(10(11)15-2)4-5-9(7)12-16(13)14/h3-6,10,12-14H,1,11H2,2H3/q+1. The molecule has 0 bridgehead atoms. The van der Waals surface area contributed by atoms with Crippen molar-refractivity contribution in [1.29, 1.82) is 0 Å².